The van der Waals surface area contributed by atoms with Crippen LogP contribution in [0.4, 0.5) is 0 Å². The van der Waals surface area contributed by atoms with Crippen LogP contribution in [0.3, 0.4) is 0 Å². The topological polar surface area (TPSA) is 36.9 Å². The predicted octanol–water partition coefficient (Wildman–Crippen LogP) is 4.04. The molecule has 0 fully saturated rings. The summed E-state index contributed by atoms with van der Waals surface area (Å²) in [5.74, 6) is 0.485. The van der Waals surface area contributed by atoms with Crippen molar-refractivity contribution in [2.24, 2.45) is 0 Å². The van der Waals surface area contributed by atoms with E-state index in [9.17, 15) is 0 Å². The number of halogens is 1. The maximum atomic E-state index is 6.29. The molecule has 0 aliphatic carbocycles. The standard InChI is InChI=1S/C18H19BrO4/c1-20-13-8-6-7-12(11-13)18(22-3)17(19)16(21-2)14-9-4-5-10-15(14)23-18/h4-11,16-17H,1-3H3/t16-,17-,18-/m0/s1. The first-order chi connectivity index (χ1) is 11.2. The molecule has 2 aromatic carbocycles. The lowest BCUT2D eigenvalue weighted by atomic mass is 9.91. The third-order valence-corrected chi connectivity index (χ3v) is 5.23. The second kappa shape index (κ2) is 6.51. The summed E-state index contributed by atoms with van der Waals surface area (Å²) >= 11 is 3.74. The number of rotatable bonds is 4. The maximum absolute atomic E-state index is 6.29. The molecule has 2 aromatic rings. The molecule has 0 spiro atoms. The SMILES string of the molecule is COc1cccc([C@]2(OC)Oc3ccccc3[C@H](OC)[C@@H]2Br)c1. The fourth-order valence-corrected chi connectivity index (χ4v) is 4.01. The van der Waals surface area contributed by atoms with Crippen LogP contribution in [0.2, 0.25) is 0 Å². The average molecular weight is 379 g/mol. The molecule has 1 aliphatic rings. The smallest absolute Gasteiger partial charge is 0.252 e. The van der Waals surface area contributed by atoms with Crippen LogP contribution < -0.4 is 9.47 Å². The summed E-state index contributed by atoms with van der Waals surface area (Å²) in [6.07, 6.45) is -0.203. The van der Waals surface area contributed by atoms with Crippen molar-refractivity contribution < 1.29 is 18.9 Å². The lowest BCUT2D eigenvalue weighted by Gasteiger charge is -2.44. The van der Waals surface area contributed by atoms with Gasteiger partial charge in [-0.1, -0.05) is 46.3 Å². The van der Waals surface area contributed by atoms with Gasteiger partial charge in [0.1, 0.15) is 22.4 Å². The summed E-state index contributed by atoms with van der Waals surface area (Å²) in [6, 6.07) is 15.5. The zero-order valence-electron chi connectivity index (χ0n) is 13.3. The molecule has 1 heterocycles. The van der Waals surface area contributed by atoms with Crippen molar-refractivity contribution in [3.8, 4) is 11.5 Å². The Morgan fingerprint density at radius 1 is 1.04 bits per heavy atom. The van der Waals surface area contributed by atoms with Gasteiger partial charge in [-0.05, 0) is 18.2 Å². The zero-order valence-corrected chi connectivity index (χ0v) is 14.9. The highest BCUT2D eigenvalue weighted by atomic mass is 79.9. The molecular weight excluding hydrogens is 360 g/mol. The predicted molar refractivity (Wildman–Crippen MR) is 91.2 cm³/mol. The lowest BCUT2D eigenvalue weighted by Crippen LogP contribution is -2.49. The van der Waals surface area contributed by atoms with Crippen molar-refractivity contribution >= 4 is 15.9 Å². The number of hydrogen-bond acceptors (Lipinski definition) is 4. The van der Waals surface area contributed by atoms with Crippen LogP contribution in [0, 0.1) is 0 Å². The van der Waals surface area contributed by atoms with Crippen LogP contribution in [0.15, 0.2) is 48.5 Å². The van der Waals surface area contributed by atoms with E-state index in [0.29, 0.717) is 0 Å². The van der Waals surface area contributed by atoms with Gasteiger partial charge in [0.15, 0.2) is 0 Å². The molecular formula is C18H19BrO4. The van der Waals surface area contributed by atoms with Crippen molar-refractivity contribution in [2.75, 3.05) is 21.3 Å². The number of hydrogen-bond donors (Lipinski definition) is 0. The van der Waals surface area contributed by atoms with E-state index >= 15 is 0 Å². The number of benzene rings is 2. The Morgan fingerprint density at radius 2 is 1.83 bits per heavy atom. The van der Waals surface area contributed by atoms with Crippen molar-refractivity contribution in [2.45, 2.75) is 16.7 Å². The van der Waals surface area contributed by atoms with Crippen LogP contribution in [0.1, 0.15) is 17.2 Å². The summed E-state index contributed by atoms with van der Waals surface area (Å²) in [6.45, 7) is 0. The van der Waals surface area contributed by atoms with Gasteiger partial charge in [-0.3, -0.25) is 0 Å². The van der Waals surface area contributed by atoms with Gasteiger partial charge in [-0.25, -0.2) is 0 Å². The molecule has 0 saturated carbocycles. The summed E-state index contributed by atoms with van der Waals surface area (Å²) < 4.78 is 23.2. The minimum Gasteiger partial charge on any atom is -0.497 e. The minimum absolute atomic E-state index is 0.203. The second-order valence-corrected chi connectivity index (χ2v) is 6.29. The Kier molecular flexibility index (Phi) is 4.62. The second-order valence-electron chi connectivity index (χ2n) is 5.30. The van der Waals surface area contributed by atoms with E-state index in [1.807, 2.05) is 48.5 Å². The number of alkyl halides is 1. The van der Waals surface area contributed by atoms with Gasteiger partial charge in [0.05, 0.1) is 7.11 Å². The molecule has 4 nitrogen and oxygen atoms in total. The third-order valence-electron chi connectivity index (χ3n) is 4.15. The first-order valence-corrected chi connectivity index (χ1v) is 8.22. The van der Waals surface area contributed by atoms with Gasteiger partial charge in [-0.2, -0.15) is 0 Å². The molecule has 122 valence electrons. The van der Waals surface area contributed by atoms with Crippen LogP contribution in [-0.2, 0) is 15.3 Å². The Labute approximate surface area is 144 Å². The minimum atomic E-state index is -1.01. The van der Waals surface area contributed by atoms with Gasteiger partial charge >= 0.3 is 0 Å². The Hall–Kier alpha value is -1.56. The first-order valence-electron chi connectivity index (χ1n) is 7.30. The summed E-state index contributed by atoms with van der Waals surface area (Å²) in [5, 5.41) is 0. The van der Waals surface area contributed by atoms with Gasteiger partial charge in [-0.15, -0.1) is 0 Å². The fraction of sp³-hybridized carbons (Fsp3) is 0.333. The normalized spacial score (nSPS) is 26.3. The number of ether oxygens (including phenoxy) is 4. The van der Waals surface area contributed by atoms with Gasteiger partial charge in [0.2, 0.25) is 0 Å². The number of para-hydroxylation sites is 1. The largest absolute Gasteiger partial charge is 0.497 e. The van der Waals surface area contributed by atoms with Crippen LogP contribution in [-0.4, -0.2) is 26.2 Å². The Morgan fingerprint density at radius 3 is 2.52 bits per heavy atom. The Bertz CT molecular complexity index is 690. The van der Waals surface area contributed by atoms with Gasteiger partial charge < -0.3 is 18.9 Å². The highest BCUT2D eigenvalue weighted by Gasteiger charge is 2.51. The van der Waals surface area contributed by atoms with E-state index in [4.69, 9.17) is 18.9 Å². The molecule has 0 radical (unpaired) electrons. The van der Waals surface area contributed by atoms with E-state index in [1.165, 1.54) is 0 Å². The van der Waals surface area contributed by atoms with E-state index < -0.39 is 5.79 Å². The highest BCUT2D eigenvalue weighted by Crippen LogP contribution is 2.50. The molecule has 0 N–H and O–H groups in total. The zero-order chi connectivity index (χ0) is 16.4. The van der Waals surface area contributed by atoms with E-state index in [2.05, 4.69) is 15.9 Å². The maximum Gasteiger partial charge on any atom is 0.252 e. The van der Waals surface area contributed by atoms with Crippen LogP contribution in [0.5, 0.6) is 11.5 Å². The van der Waals surface area contributed by atoms with E-state index in [-0.39, 0.29) is 10.9 Å². The molecule has 0 unspecified atom stereocenters. The molecule has 0 amide bonds. The number of fused-ring (bicyclic) bond motifs is 1. The monoisotopic (exact) mass is 378 g/mol. The van der Waals surface area contributed by atoms with E-state index in [0.717, 1.165) is 22.6 Å². The molecule has 3 atom stereocenters. The molecule has 3 rings (SSSR count). The average Bonchev–Trinajstić information content (AvgIpc) is 2.61. The van der Waals surface area contributed by atoms with Gasteiger partial charge in [0.25, 0.3) is 5.79 Å². The Balaban J connectivity index is 2.15. The van der Waals surface area contributed by atoms with Crippen molar-refractivity contribution in [1.82, 2.24) is 0 Å². The fourth-order valence-electron chi connectivity index (χ4n) is 2.96. The first kappa shape index (κ1) is 16.3. The molecule has 0 bridgehead atoms. The van der Waals surface area contributed by atoms with Gasteiger partial charge in [0, 0.05) is 25.3 Å². The molecule has 23 heavy (non-hydrogen) atoms. The molecule has 0 aromatic heterocycles. The summed E-state index contributed by atoms with van der Waals surface area (Å²) in [4.78, 5) is -0.230. The van der Waals surface area contributed by atoms with E-state index in [1.54, 1.807) is 21.3 Å². The van der Waals surface area contributed by atoms with Crippen molar-refractivity contribution in [3.63, 3.8) is 0 Å². The summed E-state index contributed by atoms with van der Waals surface area (Å²) in [7, 11) is 4.96. The third kappa shape index (κ3) is 2.63. The molecule has 5 heteroatoms. The highest BCUT2D eigenvalue weighted by molar-refractivity contribution is 9.09. The van der Waals surface area contributed by atoms with Crippen LogP contribution >= 0.6 is 15.9 Å². The lowest BCUT2D eigenvalue weighted by molar-refractivity contribution is -0.198. The quantitative estimate of drug-likeness (QED) is 0.752. The molecule has 0 saturated heterocycles. The van der Waals surface area contributed by atoms with Crippen molar-refractivity contribution in [3.05, 3.63) is 59.7 Å². The number of methoxy groups -OCH3 is 3. The van der Waals surface area contributed by atoms with Crippen LogP contribution in [0.25, 0.3) is 0 Å². The summed E-state index contributed by atoms with van der Waals surface area (Å²) in [5.41, 5.74) is 1.85. The molecule has 1 aliphatic heterocycles. The van der Waals surface area contributed by atoms with Crippen molar-refractivity contribution in [1.29, 1.82) is 0 Å².